The molecule has 160 valence electrons. The molecule has 2 aromatic carbocycles. The Bertz CT molecular complexity index is 1170. The van der Waals surface area contributed by atoms with Crippen molar-refractivity contribution >= 4 is 11.8 Å². The summed E-state index contributed by atoms with van der Waals surface area (Å²) in [5.74, 6) is -0.969. The molecule has 4 rings (SSSR count). The summed E-state index contributed by atoms with van der Waals surface area (Å²) in [4.78, 5) is 29.1. The van der Waals surface area contributed by atoms with Crippen molar-refractivity contribution in [2.75, 3.05) is 14.2 Å². The number of fused-ring (bicyclic) bond motifs is 1. The lowest BCUT2D eigenvalue weighted by Crippen LogP contribution is -2.30. The zero-order chi connectivity index (χ0) is 22.3. The smallest absolute Gasteiger partial charge is 0.432 e. The van der Waals surface area contributed by atoms with Crippen LogP contribution < -0.4 is 9.47 Å². The molecule has 1 aliphatic heterocycles. The molecule has 0 unspecified atom stereocenters. The van der Waals surface area contributed by atoms with Gasteiger partial charge in [0.2, 0.25) is 0 Å². The fraction of sp³-hybridized carbons (Fsp3) is 0.182. The van der Waals surface area contributed by atoms with Gasteiger partial charge < -0.3 is 14.5 Å². The minimum Gasteiger partial charge on any atom is -0.493 e. The van der Waals surface area contributed by atoms with E-state index in [9.17, 15) is 22.8 Å². The van der Waals surface area contributed by atoms with Gasteiger partial charge in [0, 0.05) is 0 Å². The van der Waals surface area contributed by atoms with E-state index in [4.69, 9.17) is 9.47 Å². The van der Waals surface area contributed by atoms with Crippen LogP contribution in [0.5, 0.6) is 11.5 Å². The summed E-state index contributed by atoms with van der Waals surface area (Å²) < 4.78 is 51.4. The minimum atomic E-state index is -4.83. The van der Waals surface area contributed by atoms with Gasteiger partial charge in [0.1, 0.15) is 5.69 Å². The van der Waals surface area contributed by atoms with Crippen molar-refractivity contribution in [3.8, 4) is 22.8 Å². The predicted octanol–water partition coefficient (Wildman–Crippen LogP) is 4.51. The van der Waals surface area contributed by atoms with E-state index in [1.807, 2.05) is 0 Å². The molecule has 2 amide bonds. The number of carbonyl (C=O) groups is 2. The fourth-order valence-corrected chi connectivity index (χ4v) is 3.63. The molecule has 3 aromatic rings. The second-order valence-corrected chi connectivity index (χ2v) is 6.87. The molecular weight excluding hydrogens is 413 g/mol. The SMILES string of the molecule is COc1ccc(CN2C(=O)c3c(-c4ccccc4)[nH]c(C(F)(F)F)c3C2=O)cc1OC. The average molecular weight is 430 g/mol. The summed E-state index contributed by atoms with van der Waals surface area (Å²) in [6, 6.07) is 12.9. The number of H-pyrrole nitrogens is 1. The van der Waals surface area contributed by atoms with Crippen LogP contribution in [0.2, 0.25) is 0 Å². The van der Waals surface area contributed by atoms with Crippen molar-refractivity contribution < 1.29 is 32.2 Å². The molecule has 1 aromatic heterocycles. The maximum absolute atomic E-state index is 13.7. The Balaban J connectivity index is 1.78. The van der Waals surface area contributed by atoms with Crippen LogP contribution in [0.1, 0.15) is 32.0 Å². The second kappa shape index (κ2) is 7.50. The first-order valence-electron chi connectivity index (χ1n) is 9.22. The standard InChI is InChI=1S/C22H17F3N2O4/c1-30-14-9-8-12(10-15(14)31-2)11-27-20(28)16-17(21(27)29)19(22(23,24)25)26-18(16)13-6-4-3-5-7-13/h3-10,26H,11H2,1-2H3. The normalized spacial score (nSPS) is 13.5. The summed E-state index contributed by atoms with van der Waals surface area (Å²) in [7, 11) is 2.89. The molecule has 9 heteroatoms. The minimum absolute atomic E-state index is 0.0314. The highest BCUT2D eigenvalue weighted by Gasteiger charge is 2.48. The van der Waals surface area contributed by atoms with Crippen LogP contribution in [0.25, 0.3) is 11.3 Å². The Hall–Kier alpha value is -3.75. The summed E-state index contributed by atoms with van der Waals surface area (Å²) in [5.41, 5.74) is -1.31. The van der Waals surface area contributed by atoms with Crippen molar-refractivity contribution in [1.82, 2.24) is 9.88 Å². The number of alkyl halides is 3. The Kier molecular flexibility index (Phi) is 4.96. The molecule has 0 saturated heterocycles. The van der Waals surface area contributed by atoms with Gasteiger partial charge in [-0.05, 0) is 23.3 Å². The van der Waals surface area contributed by atoms with Crippen LogP contribution in [0.15, 0.2) is 48.5 Å². The van der Waals surface area contributed by atoms with Gasteiger partial charge in [0.25, 0.3) is 11.8 Å². The van der Waals surface area contributed by atoms with Gasteiger partial charge in [-0.2, -0.15) is 13.2 Å². The first-order valence-corrected chi connectivity index (χ1v) is 9.22. The number of ether oxygens (including phenoxy) is 2. The number of aromatic nitrogens is 1. The van der Waals surface area contributed by atoms with E-state index in [0.29, 0.717) is 22.6 Å². The van der Waals surface area contributed by atoms with Crippen molar-refractivity contribution in [3.63, 3.8) is 0 Å². The molecule has 0 atom stereocenters. The van der Waals surface area contributed by atoms with Gasteiger partial charge in [-0.3, -0.25) is 14.5 Å². The molecule has 0 fully saturated rings. The van der Waals surface area contributed by atoms with E-state index in [2.05, 4.69) is 4.98 Å². The number of methoxy groups -OCH3 is 2. The molecule has 0 radical (unpaired) electrons. The number of aromatic amines is 1. The number of halogens is 3. The largest absolute Gasteiger partial charge is 0.493 e. The van der Waals surface area contributed by atoms with Crippen LogP contribution in [-0.4, -0.2) is 35.9 Å². The van der Waals surface area contributed by atoms with Gasteiger partial charge in [-0.1, -0.05) is 36.4 Å². The molecule has 1 N–H and O–H groups in total. The Labute approximate surface area is 175 Å². The number of rotatable bonds is 5. The lowest BCUT2D eigenvalue weighted by molar-refractivity contribution is -0.141. The molecular formula is C22H17F3N2O4. The van der Waals surface area contributed by atoms with Gasteiger partial charge in [0.15, 0.2) is 11.5 Å². The van der Waals surface area contributed by atoms with Gasteiger partial charge >= 0.3 is 6.18 Å². The summed E-state index contributed by atoms with van der Waals surface area (Å²) in [6.07, 6.45) is -4.83. The lowest BCUT2D eigenvalue weighted by atomic mass is 10.1. The number of nitrogens with zero attached hydrogens (tertiary/aromatic N) is 1. The average Bonchev–Trinajstić information content (AvgIpc) is 3.27. The van der Waals surface area contributed by atoms with Crippen molar-refractivity contribution in [2.24, 2.45) is 0 Å². The number of carbonyl (C=O) groups excluding carboxylic acids is 2. The van der Waals surface area contributed by atoms with E-state index in [1.165, 1.54) is 14.2 Å². The number of hydrogen-bond donors (Lipinski definition) is 1. The third-order valence-corrected chi connectivity index (χ3v) is 5.05. The number of nitrogens with one attached hydrogen (secondary N) is 1. The molecule has 0 saturated carbocycles. The van der Waals surface area contributed by atoms with Crippen LogP contribution in [0, 0.1) is 0 Å². The Morgan fingerprint density at radius 1 is 0.903 bits per heavy atom. The van der Waals surface area contributed by atoms with Gasteiger partial charge in [0.05, 0.1) is 37.6 Å². The number of amides is 2. The third kappa shape index (κ3) is 3.41. The first-order chi connectivity index (χ1) is 14.8. The summed E-state index contributed by atoms with van der Waals surface area (Å²) >= 11 is 0. The van der Waals surface area contributed by atoms with E-state index in [0.717, 1.165) is 4.90 Å². The fourth-order valence-electron chi connectivity index (χ4n) is 3.63. The number of imide groups is 1. The lowest BCUT2D eigenvalue weighted by Gasteiger charge is -2.17. The second-order valence-electron chi connectivity index (χ2n) is 6.87. The molecule has 6 nitrogen and oxygen atoms in total. The zero-order valence-electron chi connectivity index (χ0n) is 16.5. The molecule has 0 aliphatic carbocycles. The van der Waals surface area contributed by atoms with E-state index in [1.54, 1.807) is 48.5 Å². The van der Waals surface area contributed by atoms with Crippen LogP contribution in [0.4, 0.5) is 13.2 Å². The molecule has 1 aliphatic rings. The molecule has 0 spiro atoms. The highest BCUT2D eigenvalue weighted by Crippen LogP contribution is 2.42. The van der Waals surface area contributed by atoms with E-state index >= 15 is 0 Å². The van der Waals surface area contributed by atoms with Crippen molar-refractivity contribution in [2.45, 2.75) is 12.7 Å². The number of hydrogen-bond acceptors (Lipinski definition) is 4. The van der Waals surface area contributed by atoms with E-state index < -0.39 is 29.2 Å². The predicted molar refractivity (Wildman–Crippen MR) is 105 cm³/mol. The Morgan fingerprint density at radius 2 is 1.55 bits per heavy atom. The summed E-state index contributed by atoms with van der Waals surface area (Å²) in [6.45, 7) is -0.210. The topological polar surface area (TPSA) is 71.6 Å². The third-order valence-electron chi connectivity index (χ3n) is 5.05. The van der Waals surface area contributed by atoms with Crippen molar-refractivity contribution in [1.29, 1.82) is 0 Å². The highest BCUT2D eigenvalue weighted by molar-refractivity contribution is 6.24. The van der Waals surface area contributed by atoms with Crippen LogP contribution >= 0.6 is 0 Å². The molecule has 31 heavy (non-hydrogen) atoms. The first kappa shape index (κ1) is 20.5. The van der Waals surface area contributed by atoms with Gasteiger partial charge in [-0.25, -0.2) is 0 Å². The van der Waals surface area contributed by atoms with Crippen LogP contribution in [0.3, 0.4) is 0 Å². The monoisotopic (exact) mass is 430 g/mol. The van der Waals surface area contributed by atoms with Crippen molar-refractivity contribution in [3.05, 3.63) is 70.9 Å². The van der Waals surface area contributed by atoms with Gasteiger partial charge in [-0.15, -0.1) is 0 Å². The maximum atomic E-state index is 13.7. The maximum Gasteiger partial charge on any atom is 0.432 e. The Morgan fingerprint density at radius 3 is 2.16 bits per heavy atom. The quantitative estimate of drug-likeness (QED) is 0.605. The number of benzene rings is 2. The highest BCUT2D eigenvalue weighted by atomic mass is 19.4. The summed E-state index contributed by atoms with van der Waals surface area (Å²) in [5, 5.41) is 0. The van der Waals surface area contributed by atoms with E-state index in [-0.39, 0.29) is 17.8 Å². The zero-order valence-corrected chi connectivity index (χ0v) is 16.5. The molecule has 2 heterocycles. The molecule has 0 bridgehead atoms. The van der Waals surface area contributed by atoms with Crippen LogP contribution in [-0.2, 0) is 12.7 Å².